The van der Waals surface area contributed by atoms with Crippen molar-refractivity contribution in [3.8, 4) is 11.4 Å². The number of nitrogens with one attached hydrogen (secondary N) is 1. The number of rotatable bonds is 1. The molecule has 0 spiro atoms. The van der Waals surface area contributed by atoms with Gasteiger partial charge in [0.05, 0.1) is 11.0 Å². The van der Waals surface area contributed by atoms with Gasteiger partial charge in [-0.1, -0.05) is 0 Å². The maximum Gasteiger partial charge on any atom is 0.140 e. The molecular weight excluding hydrogens is 236 g/mol. The van der Waals surface area contributed by atoms with Crippen molar-refractivity contribution in [3.05, 3.63) is 42.2 Å². The predicted molar refractivity (Wildman–Crippen MR) is 76.1 cm³/mol. The first kappa shape index (κ1) is 10.6. The Bertz CT molecular complexity index is 759. The molecule has 4 nitrogen and oxygen atoms in total. The Morgan fingerprint density at radius 1 is 1.21 bits per heavy atom. The van der Waals surface area contributed by atoms with E-state index >= 15 is 0 Å². The Hall–Kier alpha value is -2.36. The lowest BCUT2D eigenvalue weighted by atomic mass is 10.1. The fourth-order valence-electron chi connectivity index (χ4n) is 2.74. The summed E-state index contributed by atoms with van der Waals surface area (Å²) >= 11 is 0. The van der Waals surface area contributed by atoms with Gasteiger partial charge in [0.15, 0.2) is 0 Å². The number of imidazole rings is 1. The molecular formula is C15H14N4. The second-order valence-corrected chi connectivity index (χ2v) is 4.91. The minimum absolute atomic E-state index is 0.987. The molecule has 4 heteroatoms. The van der Waals surface area contributed by atoms with Gasteiger partial charge in [0.25, 0.3) is 0 Å². The number of aryl methyl sites for hydroxylation is 1. The quantitative estimate of drug-likeness (QED) is 0.722. The molecule has 0 aliphatic carbocycles. The SMILES string of the molecule is Cn1c(-c2ccncc2)nc2cc3c(cc21)CCN3. The minimum Gasteiger partial charge on any atom is -0.384 e. The molecule has 1 aliphatic heterocycles. The van der Waals surface area contributed by atoms with Crippen LogP contribution in [0, 0.1) is 0 Å². The van der Waals surface area contributed by atoms with Gasteiger partial charge in [-0.15, -0.1) is 0 Å². The van der Waals surface area contributed by atoms with E-state index in [1.807, 2.05) is 12.1 Å². The molecule has 0 saturated carbocycles. The average Bonchev–Trinajstić information content (AvgIpc) is 3.02. The molecule has 19 heavy (non-hydrogen) atoms. The molecule has 3 aromatic rings. The van der Waals surface area contributed by atoms with Gasteiger partial charge in [0.1, 0.15) is 5.82 Å². The minimum atomic E-state index is 0.987. The first-order chi connectivity index (χ1) is 9.33. The summed E-state index contributed by atoms with van der Waals surface area (Å²) < 4.78 is 2.16. The van der Waals surface area contributed by atoms with Crippen LogP contribution >= 0.6 is 0 Å². The molecule has 2 aromatic heterocycles. The largest absolute Gasteiger partial charge is 0.384 e. The van der Waals surface area contributed by atoms with Gasteiger partial charge in [0, 0.05) is 37.2 Å². The Balaban J connectivity index is 1.97. The van der Waals surface area contributed by atoms with E-state index in [2.05, 4.69) is 34.0 Å². The third-order valence-electron chi connectivity index (χ3n) is 3.75. The van der Waals surface area contributed by atoms with Crippen LogP contribution in [-0.4, -0.2) is 21.1 Å². The van der Waals surface area contributed by atoms with Gasteiger partial charge in [-0.2, -0.15) is 0 Å². The number of nitrogens with zero attached hydrogens (tertiary/aromatic N) is 3. The number of fused-ring (bicyclic) bond motifs is 2. The van der Waals surface area contributed by atoms with Crippen LogP contribution in [0.15, 0.2) is 36.7 Å². The van der Waals surface area contributed by atoms with Crippen LogP contribution < -0.4 is 5.32 Å². The maximum atomic E-state index is 4.76. The molecule has 1 aromatic carbocycles. The molecule has 1 N–H and O–H groups in total. The van der Waals surface area contributed by atoms with E-state index in [1.165, 1.54) is 16.8 Å². The molecule has 0 saturated heterocycles. The molecule has 0 unspecified atom stereocenters. The zero-order chi connectivity index (χ0) is 12.8. The Kier molecular flexibility index (Phi) is 2.12. The summed E-state index contributed by atoms with van der Waals surface area (Å²) in [5.74, 6) is 0.987. The second kappa shape index (κ2) is 3.82. The smallest absolute Gasteiger partial charge is 0.140 e. The topological polar surface area (TPSA) is 42.7 Å². The monoisotopic (exact) mass is 250 g/mol. The zero-order valence-corrected chi connectivity index (χ0v) is 10.7. The lowest BCUT2D eigenvalue weighted by Gasteiger charge is -2.02. The molecule has 0 radical (unpaired) electrons. The fourth-order valence-corrected chi connectivity index (χ4v) is 2.74. The van der Waals surface area contributed by atoms with Crippen molar-refractivity contribution in [1.29, 1.82) is 0 Å². The lowest BCUT2D eigenvalue weighted by molar-refractivity contribution is 0.957. The Labute approximate surface area is 111 Å². The third-order valence-corrected chi connectivity index (χ3v) is 3.75. The summed E-state index contributed by atoms with van der Waals surface area (Å²) in [6.07, 6.45) is 4.70. The number of pyridine rings is 1. The highest BCUT2D eigenvalue weighted by Crippen LogP contribution is 2.30. The maximum absolute atomic E-state index is 4.76. The first-order valence-electron chi connectivity index (χ1n) is 6.46. The van der Waals surface area contributed by atoms with E-state index in [9.17, 15) is 0 Å². The van der Waals surface area contributed by atoms with Crippen molar-refractivity contribution in [2.24, 2.45) is 7.05 Å². The average molecular weight is 250 g/mol. The van der Waals surface area contributed by atoms with Crippen LogP contribution in [0.1, 0.15) is 5.56 Å². The van der Waals surface area contributed by atoms with Gasteiger partial charge in [0.2, 0.25) is 0 Å². The summed E-state index contributed by atoms with van der Waals surface area (Å²) in [6.45, 7) is 1.03. The summed E-state index contributed by atoms with van der Waals surface area (Å²) in [6, 6.07) is 8.39. The van der Waals surface area contributed by atoms with Crippen molar-refractivity contribution < 1.29 is 0 Å². The van der Waals surface area contributed by atoms with Crippen LogP contribution in [-0.2, 0) is 13.5 Å². The van der Waals surface area contributed by atoms with Gasteiger partial charge in [-0.3, -0.25) is 4.98 Å². The predicted octanol–water partition coefficient (Wildman–Crippen LogP) is 2.60. The van der Waals surface area contributed by atoms with Gasteiger partial charge >= 0.3 is 0 Å². The van der Waals surface area contributed by atoms with Crippen molar-refractivity contribution in [3.63, 3.8) is 0 Å². The highest BCUT2D eigenvalue weighted by molar-refractivity contribution is 5.86. The number of benzene rings is 1. The van der Waals surface area contributed by atoms with Crippen molar-refractivity contribution in [2.45, 2.75) is 6.42 Å². The molecule has 3 heterocycles. The molecule has 94 valence electrons. The molecule has 0 bridgehead atoms. The zero-order valence-electron chi connectivity index (χ0n) is 10.7. The van der Waals surface area contributed by atoms with Crippen LogP contribution in [0.4, 0.5) is 5.69 Å². The number of anilines is 1. The van der Waals surface area contributed by atoms with E-state index in [4.69, 9.17) is 4.98 Å². The van der Waals surface area contributed by atoms with Gasteiger partial charge in [-0.25, -0.2) is 4.98 Å². The van der Waals surface area contributed by atoms with Gasteiger partial charge < -0.3 is 9.88 Å². The van der Waals surface area contributed by atoms with E-state index < -0.39 is 0 Å². The Morgan fingerprint density at radius 3 is 2.89 bits per heavy atom. The summed E-state index contributed by atoms with van der Waals surface area (Å²) in [4.78, 5) is 8.81. The number of hydrogen-bond donors (Lipinski definition) is 1. The molecule has 0 atom stereocenters. The third kappa shape index (κ3) is 1.53. The summed E-state index contributed by atoms with van der Waals surface area (Å²) in [5, 5.41) is 3.40. The van der Waals surface area contributed by atoms with Gasteiger partial charge in [-0.05, 0) is 36.2 Å². The van der Waals surface area contributed by atoms with Crippen LogP contribution in [0.5, 0.6) is 0 Å². The highest BCUT2D eigenvalue weighted by atomic mass is 15.1. The molecule has 4 rings (SSSR count). The van der Waals surface area contributed by atoms with E-state index in [0.29, 0.717) is 0 Å². The Morgan fingerprint density at radius 2 is 2.05 bits per heavy atom. The number of aromatic nitrogens is 3. The summed E-state index contributed by atoms with van der Waals surface area (Å²) in [5.41, 5.74) is 5.95. The van der Waals surface area contributed by atoms with Crippen molar-refractivity contribution in [2.75, 3.05) is 11.9 Å². The first-order valence-corrected chi connectivity index (χ1v) is 6.46. The van der Waals surface area contributed by atoms with E-state index in [1.54, 1.807) is 12.4 Å². The standard InChI is InChI=1S/C15H14N4/c1-19-14-8-11-4-7-17-12(11)9-13(14)18-15(19)10-2-5-16-6-3-10/h2-3,5-6,8-9,17H,4,7H2,1H3. The molecule has 1 aliphatic rings. The summed E-state index contributed by atoms with van der Waals surface area (Å²) in [7, 11) is 2.07. The van der Waals surface area contributed by atoms with Crippen LogP contribution in [0.25, 0.3) is 22.4 Å². The molecule has 0 fully saturated rings. The normalized spacial score (nSPS) is 13.5. The van der Waals surface area contributed by atoms with Crippen LogP contribution in [0.2, 0.25) is 0 Å². The molecule has 0 amide bonds. The van der Waals surface area contributed by atoms with Crippen molar-refractivity contribution >= 4 is 16.7 Å². The van der Waals surface area contributed by atoms with Crippen molar-refractivity contribution in [1.82, 2.24) is 14.5 Å². The lowest BCUT2D eigenvalue weighted by Crippen LogP contribution is -1.92. The van der Waals surface area contributed by atoms with E-state index in [-0.39, 0.29) is 0 Å². The second-order valence-electron chi connectivity index (χ2n) is 4.91. The van der Waals surface area contributed by atoms with Crippen LogP contribution in [0.3, 0.4) is 0 Å². The van der Waals surface area contributed by atoms with E-state index in [0.717, 1.165) is 29.9 Å². The fraction of sp³-hybridized carbons (Fsp3) is 0.200. The number of hydrogen-bond acceptors (Lipinski definition) is 3. The highest BCUT2D eigenvalue weighted by Gasteiger charge is 2.15.